The summed E-state index contributed by atoms with van der Waals surface area (Å²) in [5.74, 6) is 1.01. The van der Waals surface area contributed by atoms with Crippen LogP contribution in [0.25, 0.3) is 0 Å². The van der Waals surface area contributed by atoms with Crippen LogP contribution in [0.2, 0.25) is 0 Å². The van der Waals surface area contributed by atoms with E-state index in [0.29, 0.717) is 5.41 Å². The van der Waals surface area contributed by atoms with Crippen LogP contribution in [0.1, 0.15) is 78.1 Å². The van der Waals surface area contributed by atoms with E-state index in [1.165, 1.54) is 64.2 Å². The monoisotopic (exact) mass is 225 g/mol. The van der Waals surface area contributed by atoms with Gasteiger partial charge in [-0.15, -0.1) is 0 Å². The maximum absolute atomic E-state index is 6.04. The van der Waals surface area contributed by atoms with Crippen molar-refractivity contribution >= 4 is 0 Å². The fourth-order valence-corrected chi connectivity index (χ4v) is 3.29. The number of nitrogens with two attached hydrogens (primary N) is 1. The fraction of sp³-hybridized carbons (Fsp3) is 1.00. The van der Waals surface area contributed by atoms with Gasteiger partial charge in [-0.2, -0.15) is 0 Å². The molecular formula is C15H31N. The van der Waals surface area contributed by atoms with Gasteiger partial charge in [-0.1, -0.05) is 46.0 Å². The van der Waals surface area contributed by atoms with Crippen molar-refractivity contribution in [3.8, 4) is 0 Å². The highest BCUT2D eigenvalue weighted by Gasteiger charge is 2.33. The summed E-state index contributed by atoms with van der Waals surface area (Å²) in [5, 5.41) is 0. The lowest BCUT2D eigenvalue weighted by atomic mass is 9.67. The third kappa shape index (κ3) is 4.08. The zero-order valence-corrected chi connectivity index (χ0v) is 11.4. The van der Waals surface area contributed by atoms with E-state index in [4.69, 9.17) is 5.73 Å². The molecule has 2 N–H and O–H groups in total. The van der Waals surface area contributed by atoms with E-state index in [2.05, 4.69) is 13.8 Å². The highest BCUT2D eigenvalue weighted by atomic mass is 14.6. The van der Waals surface area contributed by atoms with E-state index >= 15 is 0 Å². The van der Waals surface area contributed by atoms with E-state index in [0.717, 1.165) is 12.5 Å². The van der Waals surface area contributed by atoms with E-state index in [1.807, 2.05) is 0 Å². The lowest BCUT2D eigenvalue weighted by Gasteiger charge is -2.39. The largest absolute Gasteiger partial charge is 0.330 e. The molecule has 1 aliphatic carbocycles. The van der Waals surface area contributed by atoms with Crippen molar-refractivity contribution in [2.45, 2.75) is 78.1 Å². The molecule has 0 bridgehead atoms. The van der Waals surface area contributed by atoms with Gasteiger partial charge in [0, 0.05) is 0 Å². The summed E-state index contributed by atoms with van der Waals surface area (Å²) in [6.07, 6.45) is 14.0. The van der Waals surface area contributed by atoms with E-state index in [1.54, 1.807) is 0 Å². The van der Waals surface area contributed by atoms with Crippen LogP contribution in [0, 0.1) is 11.3 Å². The molecule has 1 saturated carbocycles. The van der Waals surface area contributed by atoms with Crippen LogP contribution in [0.3, 0.4) is 0 Å². The molecule has 96 valence electrons. The van der Waals surface area contributed by atoms with E-state index in [-0.39, 0.29) is 0 Å². The molecule has 0 aliphatic heterocycles. The van der Waals surface area contributed by atoms with Gasteiger partial charge in [0.05, 0.1) is 0 Å². The highest BCUT2D eigenvalue weighted by Crippen LogP contribution is 2.43. The van der Waals surface area contributed by atoms with Crippen molar-refractivity contribution in [1.29, 1.82) is 0 Å². The van der Waals surface area contributed by atoms with Gasteiger partial charge in [0.1, 0.15) is 0 Å². The Balaban J connectivity index is 2.32. The second kappa shape index (κ2) is 7.32. The fourth-order valence-electron chi connectivity index (χ4n) is 3.29. The third-order valence-corrected chi connectivity index (χ3v) is 4.61. The third-order valence-electron chi connectivity index (χ3n) is 4.61. The smallest absolute Gasteiger partial charge is 0.00205 e. The molecule has 1 rings (SSSR count). The molecule has 0 radical (unpaired) electrons. The van der Waals surface area contributed by atoms with Crippen LogP contribution in [0.4, 0.5) is 0 Å². The van der Waals surface area contributed by atoms with Gasteiger partial charge < -0.3 is 5.73 Å². The van der Waals surface area contributed by atoms with Crippen LogP contribution in [0.5, 0.6) is 0 Å². The molecule has 0 aromatic carbocycles. The minimum atomic E-state index is 0.527. The maximum Gasteiger partial charge on any atom is -0.00205 e. The maximum atomic E-state index is 6.04. The van der Waals surface area contributed by atoms with Crippen molar-refractivity contribution in [2.24, 2.45) is 17.1 Å². The first-order valence-electron chi connectivity index (χ1n) is 7.46. The molecule has 0 unspecified atom stereocenters. The quantitative estimate of drug-likeness (QED) is 0.634. The highest BCUT2D eigenvalue weighted by molar-refractivity contribution is 4.86. The Kier molecular flexibility index (Phi) is 6.41. The molecule has 1 heteroatoms. The topological polar surface area (TPSA) is 26.0 Å². The van der Waals surface area contributed by atoms with Gasteiger partial charge in [0.15, 0.2) is 0 Å². The van der Waals surface area contributed by atoms with Gasteiger partial charge in [-0.3, -0.25) is 0 Å². The van der Waals surface area contributed by atoms with Crippen LogP contribution < -0.4 is 5.73 Å². The van der Waals surface area contributed by atoms with Crippen LogP contribution in [-0.4, -0.2) is 6.54 Å². The Morgan fingerprint density at radius 3 is 2.25 bits per heavy atom. The Morgan fingerprint density at radius 2 is 1.75 bits per heavy atom. The summed E-state index contributed by atoms with van der Waals surface area (Å²) in [6.45, 7) is 5.52. The summed E-state index contributed by atoms with van der Waals surface area (Å²) >= 11 is 0. The average molecular weight is 225 g/mol. The summed E-state index contributed by atoms with van der Waals surface area (Å²) in [6, 6.07) is 0. The van der Waals surface area contributed by atoms with E-state index < -0.39 is 0 Å². The molecule has 16 heavy (non-hydrogen) atoms. The van der Waals surface area contributed by atoms with Crippen LogP contribution in [0.15, 0.2) is 0 Å². The molecule has 1 fully saturated rings. The lowest BCUT2D eigenvalue weighted by Crippen LogP contribution is -2.34. The Bertz CT molecular complexity index is 168. The second-order valence-electron chi connectivity index (χ2n) is 5.89. The van der Waals surface area contributed by atoms with Gasteiger partial charge in [-0.25, -0.2) is 0 Å². The molecule has 0 saturated heterocycles. The lowest BCUT2D eigenvalue weighted by molar-refractivity contribution is 0.136. The van der Waals surface area contributed by atoms with Crippen molar-refractivity contribution < 1.29 is 0 Å². The standard InChI is InChI=1S/C15H31N/c1-3-5-6-10-15(13-16)11-8-14(7-4-2)9-12-15/h14H,3-13,16H2,1-2H3. The minimum Gasteiger partial charge on any atom is -0.330 e. The van der Waals surface area contributed by atoms with Crippen LogP contribution >= 0.6 is 0 Å². The second-order valence-corrected chi connectivity index (χ2v) is 5.89. The van der Waals surface area contributed by atoms with Crippen molar-refractivity contribution in [1.82, 2.24) is 0 Å². The SMILES string of the molecule is CCCCCC1(CN)CCC(CCC)CC1. The minimum absolute atomic E-state index is 0.527. The summed E-state index contributed by atoms with van der Waals surface area (Å²) in [7, 11) is 0. The molecule has 1 nitrogen and oxygen atoms in total. The predicted molar refractivity (Wildman–Crippen MR) is 72.5 cm³/mol. The average Bonchev–Trinajstić information content (AvgIpc) is 2.32. The van der Waals surface area contributed by atoms with Gasteiger partial charge in [-0.05, 0) is 50.0 Å². The zero-order valence-electron chi connectivity index (χ0n) is 11.4. The van der Waals surface area contributed by atoms with Crippen molar-refractivity contribution in [3.05, 3.63) is 0 Å². The van der Waals surface area contributed by atoms with Gasteiger partial charge in [0.25, 0.3) is 0 Å². The molecule has 0 atom stereocenters. The summed E-state index contributed by atoms with van der Waals surface area (Å²) in [5.41, 5.74) is 6.57. The number of hydrogen-bond acceptors (Lipinski definition) is 1. The molecule has 0 aromatic rings. The Hall–Kier alpha value is -0.0400. The summed E-state index contributed by atoms with van der Waals surface area (Å²) < 4.78 is 0. The number of hydrogen-bond donors (Lipinski definition) is 1. The molecule has 0 aromatic heterocycles. The van der Waals surface area contributed by atoms with Crippen molar-refractivity contribution in [3.63, 3.8) is 0 Å². The molecule has 1 aliphatic rings. The number of rotatable bonds is 7. The van der Waals surface area contributed by atoms with Gasteiger partial charge >= 0.3 is 0 Å². The molecule has 0 heterocycles. The zero-order chi connectivity index (χ0) is 11.9. The number of unbranched alkanes of at least 4 members (excludes halogenated alkanes) is 2. The van der Waals surface area contributed by atoms with Crippen LogP contribution in [-0.2, 0) is 0 Å². The summed E-state index contributed by atoms with van der Waals surface area (Å²) in [4.78, 5) is 0. The first-order valence-corrected chi connectivity index (χ1v) is 7.46. The predicted octanol–water partition coefficient (Wildman–Crippen LogP) is 4.50. The molecule has 0 amide bonds. The molecule has 0 spiro atoms. The molecular weight excluding hydrogens is 194 g/mol. The first-order chi connectivity index (χ1) is 7.76. The normalized spacial score (nSPS) is 30.6. The van der Waals surface area contributed by atoms with E-state index in [9.17, 15) is 0 Å². The Morgan fingerprint density at radius 1 is 1.06 bits per heavy atom. The Labute approximate surface area is 102 Å². The van der Waals surface area contributed by atoms with Gasteiger partial charge in [0.2, 0.25) is 0 Å². The van der Waals surface area contributed by atoms with Crippen molar-refractivity contribution in [2.75, 3.05) is 6.54 Å². The first kappa shape index (κ1) is 14.0.